The summed E-state index contributed by atoms with van der Waals surface area (Å²) in [5.41, 5.74) is 0.495. The fraction of sp³-hybridized carbons (Fsp3) is 0.588. The van der Waals surface area contributed by atoms with E-state index in [-0.39, 0.29) is 11.4 Å². The molecule has 0 aliphatic carbocycles. The number of nitrogens with zero attached hydrogens (tertiary/aromatic N) is 1. The number of hydrogen-bond acceptors (Lipinski definition) is 3. The van der Waals surface area contributed by atoms with Crippen molar-refractivity contribution in [2.45, 2.75) is 24.9 Å². The van der Waals surface area contributed by atoms with Crippen LogP contribution in [-0.4, -0.2) is 52.0 Å². The van der Waals surface area contributed by atoms with E-state index in [0.717, 1.165) is 26.1 Å². The number of hydrogen-bond donors (Lipinski definition) is 2. The quantitative estimate of drug-likeness (QED) is 0.618. The van der Waals surface area contributed by atoms with Crippen LogP contribution in [0.1, 0.15) is 18.4 Å². The highest BCUT2D eigenvalue weighted by molar-refractivity contribution is 5.79. The first kappa shape index (κ1) is 17.7. The Morgan fingerprint density at radius 3 is 2.70 bits per heavy atom. The minimum Gasteiger partial charge on any atom is -0.381 e. The molecule has 0 saturated carbocycles. The number of ether oxygens (including phenoxy) is 2. The van der Waals surface area contributed by atoms with Gasteiger partial charge >= 0.3 is 0 Å². The van der Waals surface area contributed by atoms with E-state index >= 15 is 0 Å². The zero-order valence-corrected chi connectivity index (χ0v) is 13.9. The van der Waals surface area contributed by atoms with Crippen molar-refractivity contribution in [2.75, 3.05) is 40.5 Å². The lowest BCUT2D eigenvalue weighted by atomic mass is 9.94. The summed E-state index contributed by atoms with van der Waals surface area (Å²) in [7, 11) is 3.46. The summed E-state index contributed by atoms with van der Waals surface area (Å²) in [4.78, 5) is 4.21. The van der Waals surface area contributed by atoms with Gasteiger partial charge in [0.1, 0.15) is 5.82 Å². The maximum Gasteiger partial charge on any atom is 0.191 e. The number of rotatable bonds is 6. The molecule has 1 aromatic carbocycles. The van der Waals surface area contributed by atoms with Crippen molar-refractivity contribution in [1.82, 2.24) is 10.6 Å². The lowest BCUT2D eigenvalue weighted by Gasteiger charge is -2.36. The molecule has 0 bridgehead atoms. The highest BCUT2D eigenvalue weighted by Gasteiger charge is 2.32. The van der Waals surface area contributed by atoms with Gasteiger partial charge in [-0.15, -0.1) is 0 Å². The molecule has 0 radical (unpaired) electrons. The molecule has 23 heavy (non-hydrogen) atoms. The average molecular weight is 323 g/mol. The Morgan fingerprint density at radius 2 is 2.04 bits per heavy atom. The molecule has 0 atom stereocenters. The number of methoxy groups -OCH3 is 1. The van der Waals surface area contributed by atoms with Crippen LogP contribution in [-0.2, 0) is 15.9 Å². The minimum atomic E-state index is -0.207. The van der Waals surface area contributed by atoms with Gasteiger partial charge in [-0.3, -0.25) is 4.99 Å². The molecular weight excluding hydrogens is 297 g/mol. The summed E-state index contributed by atoms with van der Waals surface area (Å²) < 4.78 is 24.7. The standard InChI is InChI=1S/C17H26FN3O2/c1-19-16(20-10-7-14-5-3-4-6-15(14)18)21-13-17(22-2)8-11-23-12-9-17/h3-6H,7-13H2,1-2H3,(H2,19,20,21). The monoisotopic (exact) mass is 323 g/mol. The van der Waals surface area contributed by atoms with Crippen molar-refractivity contribution < 1.29 is 13.9 Å². The lowest BCUT2D eigenvalue weighted by Crippen LogP contribution is -2.51. The van der Waals surface area contributed by atoms with E-state index in [1.807, 2.05) is 6.07 Å². The maximum absolute atomic E-state index is 13.6. The van der Waals surface area contributed by atoms with Gasteiger partial charge in [0, 0.05) is 53.3 Å². The van der Waals surface area contributed by atoms with Crippen LogP contribution in [0.25, 0.3) is 0 Å². The third-order valence-electron chi connectivity index (χ3n) is 4.28. The third-order valence-corrected chi connectivity index (χ3v) is 4.28. The molecule has 0 amide bonds. The first-order valence-electron chi connectivity index (χ1n) is 8.00. The minimum absolute atomic E-state index is 0.169. The van der Waals surface area contributed by atoms with Crippen LogP contribution in [0.5, 0.6) is 0 Å². The Kier molecular flexibility index (Phi) is 6.80. The first-order chi connectivity index (χ1) is 11.2. The summed E-state index contributed by atoms with van der Waals surface area (Å²) in [5.74, 6) is 0.530. The zero-order chi connectivity index (χ0) is 16.5. The van der Waals surface area contributed by atoms with Crippen LogP contribution >= 0.6 is 0 Å². The molecule has 1 aliphatic rings. The second-order valence-electron chi connectivity index (χ2n) is 5.69. The van der Waals surface area contributed by atoms with Crippen LogP contribution < -0.4 is 10.6 Å². The van der Waals surface area contributed by atoms with Crippen molar-refractivity contribution >= 4 is 5.96 Å². The van der Waals surface area contributed by atoms with Crippen molar-refractivity contribution in [2.24, 2.45) is 4.99 Å². The molecule has 6 heteroatoms. The van der Waals surface area contributed by atoms with Crippen LogP contribution in [0.4, 0.5) is 4.39 Å². The average Bonchev–Trinajstić information content (AvgIpc) is 2.60. The second-order valence-corrected chi connectivity index (χ2v) is 5.69. The molecular formula is C17H26FN3O2. The summed E-state index contributed by atoms with van der Waals surface area (Å²) in [6, 6.07) is 6.83. The normalized spacial score (nSPS) is 17.8. The van der Waals surface area contributed by atoms with Crippen molar-refractivity contribution in [1.29, 1.82) is 0 Å². The summed E-state index contributed by atoms with van der Waals surface area (Å²) in [6.45, 7) is 2.72. The summed E-state index contributed by atoms with van der Waals surface area (Å²) >= 11 is 0. The van der Waals surface area contributed by atoms with Crippen LogP contribution in [0.3, 0.4) is 0 Å². The molecule has 0 spiro atoms. The lowest BCUT2D eigenvalue weighted by molar-refractivity contribution is -0.0855. The first-order valence-corrected chi connectivity index (χ1v) is 8.00. The van der Waals surface area contributed by atoms with Gasteiger partial charge in [-0.25, -0.2) is 4.39 Å². The molecule has 5 nitrogen and oxygen atoms in total. The van der Waals surface area contributed by atoms with E-state index in [1.165, 1.54) is 6.07 Å². The van der Waals surface area contributed by atoms with E-state index in [9.17, 15) is 4.39 Å². The molecule has 2 rings (SSSR count). The fourth-order valence-corrected chi connectivity index (χ4v) is 2.68. The number of halogens is 1. The molecule has 1 saturated heterocycles. The van der Waals surface area contributed by atoms with Gasteiger partial charge in [-0.2, -0.15) is 0 Å². The Morgan fingerprint density at radius 1 is 1.30 bits per heavy atom. The molecule has 2 N–H and O–H groups in total. The Bertz CT molecular complexity index is 516. The highest BCUT2D eigenvalue weighted by atomic mass is 19.1. The smallest absolute Gasteiger partial charge is 0.191 e. The van der Waals surface area contributed by atoms with Crippen molar-refractivity contribution in [3.8, 4) is 0 Å². The van der Waals surface area contributed by atoms with E-state index in [2.05, 4.69) is 15.6 Å². The second kappa shape index (κ2) is 8.84. The van der Waals surface area contributed by atoms with Gasteiger partial charge in [-0.05, 0) is 18.1 Å². The predicted octanol–water partition coefficient (Wildman–Crippen LogP) is 1.73. The van der Waals surface area contributed by atoms with Gasteiger partial charge in [-0.1, -0.05) is 18.2 Å². The molecule has 1 aromatic rings. The Hall–Kier alpha value is -1.66. The number of aliphatic imine (C=N–C) groups is 1. The van der Waals surface area contributed by atoms with E-state index in [4.69, 9.17) is 9.47 Å². The summed E-state index contributed by atoms with van der Waals surface area (Å²) in [6.07, 6.45) is 2.34. The SMILES string of the molecule is CN=C(NCCc1ccccc1F)NCC1(OC)CCOCC1. The fourth-order valence-electron chi connectivity index (χ4n) is 2.68. The summed E-state index contributed by atoms with van der Waals surface area (Å²) in [5, 5.41) is 6.51. The maximum atomic E-state index is 13.6. The third kappa shape index (κ3) is 5.18. The highest BCUT2D eigenvalue weighted by Crippen LogP contribution is 2.23. The van der Waals surface area contributed by atoms with Crippen LogP contribution in [0.15, 0.2) is 29.3 Å². The van der Waals surface area contributed by atoms with Gasteiger partial charge in [0.05, 0.1) is 5.60 Å². The van der Waals surface area contributed by atoms with E-state index < -0.39 is 0 Å². The zero-order valence-electron chi connectivity index (χ0n) is 13.9. The van der Waals surface area contributed by atoms with Gasteiger partial charge < -0.3 is 20.1 Å². The molecule has 0 unspecified atom stereocenters. The van der Waals surface area contributed by atoms with Crippen molar-refractivity contribution in [3.63, 3.8) is 0 Å². The van der Waals surface area contributed by atoms with Crippen LogP contribution in [0.2, 0.25) is 0 Å². The Labute approximate surface area is 137 Å². The van der Waals surface area contributed by atoms with Gasteiger partial charge in [0.15, 0.2) is 5.96 Å². The molecule has 1 aliphatic heterocycles. The van der Waals surface area contributed by atoms with E-state index in [0.29, 0.717) is 31.0 Å². The number of nitrogens with one attached hydrogen (secondary N) is 2. The van der Waals surface area contributed by atoms with Gasteiger partial charge in [0.2, 0.25) is 0 Å². The molecule has 128 valence electrons. The molecule has 1 heterocycles. The molecule has 0 aromatic heterocycles. The molecule has 1 fully saturated rings. The topological polar surface area (TPSA) is 54.9 Å². The van der Waals surface area contributed by atoms with Crippen LogP contribution in [0, 0.1) is 5.82 Å². The van der Waals surface area contributed by atoms with E-state index in [1.54, 1.807) is 26.3 Å². The predicted molar refractivity (Wildman–Crippen MR) is 89.3 cm³/mol. The number of guanidine groups is 1. The van der Waals surface area contributed by atoms with Gasteiger partial charge in [0.25, 0.3) is 0 Å². The van der Waals surface area contributed by atoms with Crippen molar-refractivity contribution in [3.05, 3.63) is 35.6 Å². The largest absolute Gasteiger partial charge is 0.381 e. The number of benzene rings is 1. The Balaban J connectivity index is 1.78.